The van der Waals surface area contributed by atoms with E-state index in [2.05, 4.69) is 11.2 Å². The number of alkyl carbamates (subject to hydrolysis) is 1. The van der Waals surface area contributed by atoms with E-state index >= 15 is 0 Å². The average molecular weight is 187 g/mol. The predicted octanol–water partition coefficient (Wildman–Crippen LogP) is 1.45. The van der Waals surface area contributed by atoms with Crippen LogP contribution < -0.4 is 5.32 Å². The van der Waals surface area contributed by atoms with Crippen LogP contribution in [0.2, 0.25) is 0 Å². The zero-order chi connectivity index (χ0) is 9.97. The van der Waals surface area contributed by atoms with Crippen molar-refractivity contribution in [3.05, 3.63) is 35.4 Å². The van der Waals surface area contributed by atoms with Crippen molar-refractivity contribution in [1.29, 1.82) is 0 Å². The Morgan fingerprint density at radius 1 is 1.50 bits per heavy atom. The molecular weight excluding hydrogens is 178 g/mol. The van der Waals surface area contributed by atoms with Crippen LogP contribution in [0, 0.1) is 12.3 Å². The summed E-state index contributed by atoms with van der Waals surface area (Å²) in [6.07, 6.45) is 4.70. The summed E-state index contributed by atoms with van der Waals surface area (Å²) in [5, 5.41) is 2.59. The third kappa shape index (κ3) is 1.42. The highest BCUT2D eigenvalue weighted by Gasteiger charge is 2.25. The Morgan fingerprint density at radius 2 is 2.29 bits per heavy atom. The number of benzene rings is 1. The molecule has 0 aliphatic carbocycles. The lowest BCUT2D eigenvalue weighted by Crippen LogP contribution is -2.12. The number of carbonyl (C=O) groups is 1. The first-order valence-corrected chi connectivity index (χ1v) is 4.31. The number of cyclic esters (lactones) is 1. The lowest BCUT2D eigenvalue weighted by Gasteiger charge is -2.09. The summed E-state index contributed by atoms with van der Waals surface area (Å²) in [6.45, 7) is 0.484. The minimum absolute atomic E-state index is 0.255. The molecule has 0 bridgehead atoms. The van der Waals surface area contributed by atoms with Crippen LogP contribution in [0.15, 0.2) is 24.3 Å². The molecule has 14 heavy (non-hydrogen) atoms. The van der Waals surface area contributed by atoms with Gasteiger partial charge >= 0.3 is 6.09 Å². The van der Waals surface area contributed by atoms with Gasteiger partial charge in [0.05, 0.1) is 6.54 Å². The van der Waals surface area contributed by atoms with Gasteiger partial charge in [-0.05, 0) is 6.07 Å². The number of hydrogen-bond acceptors (Lipinski definition) is 2. The second-order valence-corrected chi connectivity index (χ2v) is 3.01. The average Bonchev–Trinajstić information content (AvgIpc) is 2.65. The Morgan fingerprint density at radius 3 is 2.93 bits per heavy atom. The van der Waals surface area contributed by atoms with E-state index in [0.29, 0.717) is 6.54 Å². The van der Waals surface area contributed by atoms with Crippen LogP contribution in [-0.4, -0.2) is 12.6 Å². The molecule has 1 aliphatic rings. The number of ether oxygens (including phenoxy) is 1. The van der Waals surface area contributed by atoms with Crippen LogP contribution in [0.1, 0.15) is 17.2 Å². The van der Waals surface area contributed by atoms with E-state index in [1.165, 1.54) is 0 Å². The van der Waals surface area contributed by atoms with E-state index < -0.39 is 0 Å². The fourth-order valence-corrected chi connectivity index (χ4v) is 1.47. The van der Waals surface area contributed by atoms with Gasteiger partial charge in [0, 0.05) is 11.1 Å². The maximum atomic E-state index is 10.8. The first-order chi connectivity index (χ1) is 6.81. The number of nitrogens with one attached hydrogen (secondary N) is 1. The summed E-state index contributed by atoms with van der Waals surface area (Å²) in [5.41, 5.74) is 1.65. The number of rotatable bonds is 1. The van der Waals surface area contributed by atoms with Gasteiger partial charge in [0.25, 0.3) is 0 Å². The molecular formula is C11H9NO2. The molecule has 0 radical (unpaired) electrons. The van der Waals surface area contributed by atoms with Crippen molar-refractivity contribution in [2.24, 2.45) is 0 Å². The summed E-state index contributed by atoms with van der Waals surface area (Å²) in [6, 6.07) is 7.45. The second kappa shape index (κ2) is 3.43. The molecule has 0 aromatic heterocycles. The normalized spacial score (nSPS) is 19.6. The Kier molecular flexibility index (Phi) is 2.11. The van der Waals surface area contributed by atoms with Gasteiger partial charge in [-0.2, -0.15) is 0 Å². The first-order valence-electron chi connectivity index (χ1n) is 4.31. The highest BCUT2D eigenvalue weighted by Crippen LogP contribution is 2.23. The van der Waals surface area contributed by atoms with Gasteiger partial charge in [0.2, 0.25) is 0 Å². The highest BCUT2D eigenvalue weighted by molar-refractivity contribution is 5.70. The third-order valence-electron chi connectivity index (χ3n) is 2.14. The van der Waals surface area contributed by atoms with Crippen molar-refractivity contribution in [1.82, 2.24) is 5.32 Å². The van der Waals surface area contributed by atoms with Crippen molar-refractivity contribution in [2.45, 2.75) is 6.10 Å². The Balaban J connectivity index is 2.33. The van der Waals surface area contributed by atoms with E-state index in [0.717, 1.165) is 11.1 Å². The molecule has 1 aromatic rings. The van der Waals surface area contributed by atoms with Crippen molar-refractivity contribution >= 4 is 6.09 Å². The van der Waals surface area contributed by atoms with Gasteiger partial charge in [-0.1, -0.05) is 24.1 Å². The van der Waals surface area contributed by atoms with Gasteiger partial charge in [-0.25, -0.2) is 4.79 Å². The first kappa shape index (κ1) is 8.64. The van der Waals surface area contributed by atoms with E-state index in [1.54, 1.807) is 0 Å². The third-order valence-corrected chi connectivity index (χ3v) is 2.14. The summed E-state index contributed by atoms with van der Waals surface area (Å²) in [7, 11) is 0. The van der Waals surface area contributed by atoms with Gasteiger partial charge in [-0.3, -0.25) is 0 Å². The second-order valence-electron chi connectivity index (χ2n) is 3.01. The molecule has 1 fully saturated rings. The topological polar surface area (TPSA) is 38.3 Å². The number of amides is 1. The molecule has 1 atom stereocenters. The maximum Gasteiger partial charge on any atom is 0.407 e. The summed E-state index contributed by atoms with van der Waals surface area (Å²) < 4.78 is 5.04. The molecule has 1 amide bonds. The Labute approximate surface area is 82.1 Å². The van der Waals surface area contributed by atoms with Gasteiger partial charge in [0.15, 0.2) is 0 Å². The molecule has 1 heterocycles. The van der Waals surface area contributed by atoms with Crippen molar-refractivity contribution in [3.8, 4) is 12.3 Å². The lowest BCUT2D eigenvalue weighted by atomic mass is 10.0. The minimum atomic E-state index is -0.387. The molecule has 3 heteroatoms. The monoisotopic (exact) mass is 187 g/mol. The molecule has 0 spiro atoms. The quantitative estimate of drug-likeness (QED) is 0.676. The highest BCUT2D eigenvalue weighted by atomic mass is 16.6. The minimum Gasteiger partial charge on any atom is -0.439 e. The molecule has 1 N–H and O–H groups in total. The molecule has 3 nitrogen and oxygen atoms in total. The van der Waals surface area contributed by atoms with Crippen LogP contribution in [0.5, 0.6) is 0 Å². The van der Waals surface area contributed by atoms with Crippen LogP contribution in [0.4, 0.5) is 4.79 Å². The van der Waals surface area contributed by atoms with Crippen LogP contribution in [0.3, 0.4) is 0 Å². The van der Waals surface area contributed by atoms with Gasteiger partial charge < -0.3 is 10.1 Å². The Hall–Kier alpha value is -1.95. The van der Waals surface area contributed by atoms with Crippen LogP contribution >= 0.6 is 0 Å². The van der Waals surface area contributed by atoms with Crippen molar-refractivity contribution in [2.75, 3.05) is 6.54 Å². The van der Waals surface area contributed by atoms with Crippen LogP contribution in [0.25, 0.3) is 0 Å². The smallest absolute Gasteiger partial charge is 0.407 e. The SMILES string of the molecule is C#Cc1ccccc1C1CNC(=O)O1. The number of hydrogen-bond donors (Lipinski definition) is 1. The van der Waals surface area contributed by atoms with Gasteiger partial charge in [-0.15, -0.1) is 6.42 Å². The van der Waals surface area contributed by atoms with Crippen LogP contribution in [-0.2, 0) is 4.74 Å². The zero-order valence-electron chi connectivity index (χ0n) is 7.49. The molecule has 70 valence electrons. The molecule has 2 rings (SSSR count). The summed E-state index contributed by atoms with van der Waals surface area (Å²) in [4.78, 5) is 10.8. The number of terminal acetylenes is 1. The standard InChI is InChI=1S/C11H9NO2/c1-2-8-5-3-4-6-9(8)10-7-12-11(13)14-10/h1,3-6,10H,7H2,(H,12,13). The molecule has 0 saturated carbocycles. The van der Waals surface area contributed by atoms with Crippen molar-refractivity contribution in [3.63, 3.8) is 0 Å². The summed E-state index contributed by atoms with van der Waals surface area (Å²) in [5.74, 6) is 2.57. The Bertz CT molecular complexity index is 406. The van der Waals surface area contributed by atoms with E-state index in [1.807, 2.05) is 24.3 Å². The van der Waals surface area contributed by atoms with Crippen molar-refractivity contribution < 1.29 is 9.53 Å². The maximum absolute atomic E-state index is 10.8. The fourth-order valence-electron chi connectivity index (χ4n) is 1.47. The molecule has 1 unspecified atom stereocenters. The molecule has 1 saturated heterocycles. The largest absolute Gasteiger partial charge is 0.439 e. The molecule has 1 aliphatic heterocycles. The predicted molar refractivity (Wildman–Crippen MR) is 51.6 cm³/mol. The van der Waals surface area contributed by atoms with E-state index in [-0.39, 0.29) is 12.2 Å². The van der Waals surface area contributed by atoms with Gasteiger partial charge in [0.1, 0.15) is 6.10 Å². The summed E-state index contributed by atoms with van der Waals surface area (Å²) >= 11 is 0. The lowest BCUT2D eigenvalue weighted by molar-refractivity contribution is 0.141. The zero-order valence-corrected chi connectivity index (χ0v) is 7.49. The fraction of sp³-hybridized carbons (Fsp3) is 0.182. The van der Waals surface area contributed by atoms with E-state index in [9.17, 15) is 4.79 Å². The number of carbonyl (C=O) groups excluding carboxylic acids is 1. The molecule has 1 aromatic carbocycles. The van der Waals surface area contributed by atoms with E-state index in [4.69, 9.17) is 11.2 Å².